The summed E-state index contributed by atoms with van der Waals surface area (Å²) >= 11 is 2.10. The first-order valence-corrected chi connectivity index (χ1v) is 6.07. The van der Waals surface area contributed by atoms with Crippen molar-refractivity contribution >= 4 is 11.8 Å². The lowest BCUT2D eigenvalue weighted by molar-refractivity contribution is 0.172. The van der Waals surface area contributed by atoms with Gasteiger partial charge in [0.05, 0.1) is 0 Å². The number of thioether (sulfide) groups is 1. The van der Waals surface area contributed by atoms with E-state index < -0.39 is 0 Å². The monoisotopic (exact) mass is 186 g/mol. The minimum atomic E-state index is 0.800. The summed E-state index contributed by atoms with van der Waals surface area (Å²) in [5.41, 5.74) is 0. The van der Waals surface area contributed by atoms with Crippen LogP contribution in [0.2, 0.25) is 0 Å². The Hall–Kier alpha value is 0.270. The van der Waals surface area contributed by atoms with Crippen molar-refractivity contribution in [1.29, 1.82) is 0 Å². The Kier molecular flexibility index (Phi) is 2.94. The molecule has 2 aliphatic rings. The normalized spacial score (nSPS) is 38.8. The second kappa shape index (κ2) is 3.99. The first kappa shape index (κ1) is 8.85. The molecular weight excluding hydrogens is 168 g/mol. The second-order valence-corrected chi connectivity index (χ2v) is 4.96. The zero-order valence-electron chi connectivity index (χ0n) is 7.75. The van der Waals surface area contributed by atoms with Crippen LogP contribution < -0.4 is 5.32 Å². The maximum atomic E-state index is 3.44. The van der Waals surface area contributed by atoms with Crippen LogP contribution in [0.1, 0.15) is 13.3 Å². The van der Waals surface area contributed by atoms with E-state index in [1.807, 2.05) is 0 Å². The molecule has 2 fully saturated rings. The van der Waals surface area contributed by atoms with Gasteiger partial charge < -0.3 is 5.32 Å². The second-order valence-electron chi connectivity index (χ2n) is 3.81. The van der Waals surface area contributed by atoms with Crippen LogP contribution in [0, 0.1) is 0 Å². The Balaban J connectivity index is 1.91. The minimum absolute atomic E-state index is 0.800. The molecule has 3 heteroatoms. The van der Waals surface area contributed by atoms with Crippen LogP contribution >= 0.6 is 11.8 Å². The molecule has 0 spiro atoms. The third-order valence-electron chi connectivity index (χ3n) is 2.92. The molecule has 2 atom stereocenters. The smallest absolute Gasteiger partial charge is 0.0236 e. The summed E-state index contributed by atoms with van der Waals surface area (Å²) in [5, 5.41) is 3.44. The zero-order chi connectivity index (χ0) is 8.39. The van der Waals surface area contributed by atoms with Crippen molar-refractivity contribution in [3.05, 3.63) is 0 Å². The minimum Gasteiger partial charge on any atom is -0.315 e. The molecule has 1 N–H and O–H groups in total. The van der Waals surface area contributed by atoms with Gasteiger partial charge in [-0.05, 0) is 19.9 Å². The predicted octanol–water partition coefficient (Wildman–Crippen LogP) is 0.786. The fourth-order valence-electron chi connectivity index (χ4n) is 2.20. The fourth-order valence-corrected chi connectivity index (χ4v) is 3.24. The molecule has 0 aromatic carbocycles. The molecule has 12 heavy (non-hydrogen) atoms. The van der Waals surface area contributed by atoms with E-state index in [-0.39, 0.29) is 0 Å². The summed E-state index contributed by atoms with van der Waals surface area (Å²) in [5.74, 6) is 2.66. The van der Waals surface area contributed by atoms with Gasteiger partial charge in [0.2, 0.25) is 0 Å². The third-order valence-corrected chi connectivity index (χ3v) is 4.11. The third kappa shape index (κ3) is 1.78. The predicted molar refractivity (Wildman–Crippen MR) is 54.8 cm³/mol. The van der Waals surface area contributed by atoms with Crippen LogP contribution in [0.4, 0.5) is 0 Å². The van der Waals surface area contributed by atoms with Gasteiger partial charge in [-0.25, -0.2) is 0 Å². The lowest BCUT2D eigenvalue weighted by Gasteiger charge is -2.37. The van der Waals surface area contributed by atoms with E-state index in [2.05, 4.69) is 28.9 Å². The van der Waals surface area contributed by atoms with E-state index in [4.69, 9.17) is 0 Å². The van der Waals surface area contributed by atoms with Crippen LogP contribution in [-0.2, 0) is 0 Å². The molecular formula is C9H18N2S. The molecule has 0 radical (unpaired) electrons. The van der Waals surface area contributed by atoms with E-state index in [1.165, 1.54) is 37.6 Å². The van der Waals surface area contributed by atoms with E-state index >= 15 is 0 Å². The van der Waals surface area contributed by atoms with Gasteiger partial charge in [0.1, 0.15) is 0 Å². The fraction of sp³-hybridized carbons (Fsp3) is 1.00. The molecule has 2 rings (SSSR count). The highest BCUT2D eigenvalue weighted by Crippen LogP contribution is 2.20. The first-order valence-electron chi connectivity index (χ1n) is 4.92. The molecule has 0 aliphatic carbocycles. The van der Waals surface area contributed by atoms with Gasteiger partial charge in [-0.1, -0.05) is 0 Å². The lowest BCUT2D eigenvalue weighted by atomic mass is 10.2. The molecule has 2 nitrogen and oxygen atoms in total. The standard InChI is InChI=1S/C9H18N2S/c1-8-7-12-5-4-11(8)9-2-3-10-6-9/h8-10H,2-7H2,1H3. The summed E-state index contributed by atoms with van der Waals surface area (Å²) in [6.07, 6.45) is 1.36. The van der Waals surface area contributed by atoms with Gasteiger partial charge in [0.15, 0.2) is 0 Å². The van der Waals surface area contributed by atoms with Crippen molar-refractivity contribution in [2.45, 2.75) is 25.4 Å². The van der Waals surface area contributed by atoms with Gasteiger partial charge in [-0.15, -0.1) is 0 Å². The van der Waals surface area contributed by atoms with Crippen molar-refractivity contribution in [2.75, 3.05) is 31.1 Å². The number of rotatable bonds is 1. The summed E-state index contributed by atoms with van der Waals surface area (Å²) < 4.78 is 0. The maximum Gasteiger partial charge on any atom is 0.0236 e. The molecule has 70 valence electrons. The summed E-state index contributed by atoms with van der Waals surface area (Å²) in [6.45, 7) is 6.11. The molecule has 0 bridgehead atoms. The Bertz CT molecular complexity index is 145. The lowest BCUT2D eigenvalue weighted by Crippen LogP contribution is -2.47. The van der Waals surface area contributed by atoms with E-state index in [0.29, 0.717) is 0 Å². The molecule has 2 saturated heterocycles. The van der Waals surface area contributed by atoms with Gasteiger partial charge in [-0.2, -0.15) is 11.8 Å². The highest BCUT2D eigenvalue weighted by atomic mass is 32.2. The number of nitrogens with zero attached hydrogens (tertiary/aromatic N) is 1. The van der Waals surface area contributed by atoms with Gasteiger partial charge >= 0.3 is 0 Å². The maximum absolute atomic E-state index is 3.44. The average molecular weight is 186 g/mol. The molecule has 2 heterocycles. The zero-order valence-corrected chi connectivity index (χ0v) is 8.57. The molecule has 2 unspecified atom stereocenters. The summed E-state index contributed by atoms with van der Waals surface area (Å²) in [6, 6.07) is 1.63. The highest BCUT2D eigenvalue weighted by molar-refractivity contribution is 7.99. The van der Waals surface area contributed by atoms with E-state index in [0.717, 1.165) is 12.1 Å². The van der Waals surface area contributed by atoms with Gasteiger partial charge in [-0.3, -0.25) is 4.90 Å². The Morgan fingerprint density at radius 1 is 1.50 bits per heavy atom. The van der Waals surface area contributed by atoms with Gasteiger partial charge in [0, 0.05) is 36.7 Å². The molecule has 2 aliphatic heterocycles. The number of nitrogens with one attached hydrogen (secondary N) is 1. The number of hydrogen-bond acceptors (Lipinski definition) is 3. The molecule has 0 aromatic rings. The molecule has 0 aromatic heterocycles. The molecule has 0 amide bonds. The SMILES string of the molecule is CC1CSCCN1C1CCNC1. The van der Waals surface area contributed by atoms with Crippen LogP contribution in [0.15, 0.2) is 0 Å². The van der Waals surface area contributed by atoms with E-state index in [1.54, 1.807) is 0 Å². The Morgan fingerprint density at radius 3 is 3.08 bits per heavy atom. The summed E-state index contributed by atoms with van der Waals surface area (Å²) in [7, 11) is 0. The van der Waals surface area contributed by atoms with Crippen LogP contribution in [0.25, 0.3) is 0 Å². The quantitative estimate of drug-likeness (QED) is 0.652. The van der Waals surface area contributed by atoms with Crippen LogP contribution in [0.3, 0.4) is 0 Å². The molecule has 0 saturated carbocycles. The largest absolute Gasteiger partial charge is 0.315 e. The topological polar surface area (TPSA) is 15.3 Å². The van der Waals surface area contributed by atoms with Gasteiger partial charge in [0.25, 0.3) is 0 Å². The Labute approximate surface area is 79.1 Å². The van der Waals surface area contributed by atoms with Crippen molar-refractivity contribution < 1.29 is 0 Å². The average Bonchev–Trinajstić information content (AvgIpc) is 2.57. The van der Waals surface area contributed by atoms with Crippen molar-refractivity contribution in [2.24, 2.45) is 0 Å². The number of hydrogen-bond donors (Lipinski definition) is 1. The van der Waals surface area contributed by atoms with Crippen LogP contribution in [-0.4, -0.2) is 48.1 Å². The van der Waals surface area contributed by atoms with Crippen molar-refractivity contribution in [1.82, 2.24) is 10.2 Å². The van der Waals surface area contributed by atoms with E-state index in [9.17, 15) is 0 Å². The Morgan fingerprint density at radius 2 is 2.42 bits per heavy atom. The van der Waals surface area contributed by atoms with Crippen molar-refractivity contribution in [3.8, 4) is 0 Å². The van der Waals surface area contributed by atoms with Crippen LogP contribution in [0.5, 0.6) is 0 Å². The highest BCUT2D eigenvalue weighted by Gasteiger charge is 2.27. The first-order chi connectivity index (χ1) is 5.88. The van der Waals surface area contributed by atoms with Crippen molar-refractivity contribution in [3.63, 3.8) is 0 Å². The summed E-state index contributed by atoms with van der Waals surface area (Å²) in [4.78, 5) is 2.69.